The van der Waals surface area contributed by atoms with E-state index in [9.17, 15) is 19.5 Å². The summed E-state index contributed by atoms with van der Waals surface area (Å²) in [6.45, 7) is 2.67. The van der Waals surface area contributed by atoms with Gasteiger partial charge in [0.1, 0.15) is 12.0 Å². The molecule has 2 aromatic rings. The predicted octanol–water partition coefficient (Wildman–Crippen LogP) is 3.64. The first-order valence-corrected chi connectivity index (χ1v) is 12.0. The molecular weight excluding hydrogens is 448 g/mol. The summed E-state index contributed by atoms with van der Waals surface area (Å²) in [5.41, 5.74) is 3.59. The maximum absolute atomic E-state index is 12.6. The number of methoxy groups -OCH3 is 1. The number of alkyl carbamates (subject to hydrolysis) is 1. The van der Waals surface area contributed by atoms with Gasteiger partial charge in [-0.3, -0.25) is 9.59 Å². The molecule has 2 atom stereocenters. The van der Waals surface area contributed by atoms with Crippen LogP contribution in [0.2, 0.25) is 0 Å². The Bertz CT molecular complexity index is 1060. The van der Waals surface area contributed by atoms with Crippen molar-refractivity contribution in [1.29, 1.82) is 0 Å². The van der Waals surface area contributed by atoms with Crippen molar-refractivity contribution >= 4 is 18.0 Å². The van der Waals surface area contributed by atoms with Crippen molar-refractivity contribution in [3.63, 3.8) is 0 Å². The molecule has 1 heterocycles. The van der Waals surface area contributed by atoms with Gasteiger partial charge < -0.3 is 24.8 Å². The molecule has 0 bridgehead atoms. The van der Waals surface area contributed by atoms with E-state index >= 15 is 0 Å². The summed E-state index contributed by atoms with van der Waals surface area (Å²) >= 11 is 0. The number of hydrogen-bond acceptors (Lipinski definition) is 5. The lowest BCUT2D eigenvalue weighted by molar-refractivity contribution is -0.151. The number of ether oxygens (including phenoxy) is 2. The number of likely N-dealkylation sites (tertiary alicyclic amines) is 1. The lowest BCUT2D eigenvalue weighted by Crippen LogP contribution is -2.40. The highest BCUT2D eigenvalue weighted by atomic mass is 16.5. The monoisotopic (exact) mass is 480 g/mol. The minimum atomic E-state index is -1.05. The molecular formula is C27H32N2O6. The number of rotatable bonds is 9. The van der Waals surface area contributed by atoms with Gasteiger partial charge >= 0.3 is 12.1 Å². The number of aliphatic carboxylic acids is 1. The van der Waals surface area contributed by atoms with E-state index < -0.39 is 17.5 Å². The number of nitrogens with zero attached hydrogens (tertiary/aromatic N) is 1. The molecule has 2 unspecified atom stereocenters. The van der Waals surface area contributed by atoms with Crippen molar-refractivity contribution in [2.24, 2.45) is 5.41 Å². The van der Waals surface area contributed by atoms with E-state index in [-0.39, 0.29) is 44.0 Å². The average Bonchev–Trinajstić information content (AvgIpc) is 3.42. The zero-order valence-corrected chi connectivity index (χ0v) is 20.2. The van der Waals surface area contributed by atoms with Gasteiger partial charge in [-0.05, 0) is 42.0 Å². The van der Waals surface area contributed by atoms with Crippen LogP contribution in [0, 0.1) is 5.41 Å². The van der Waals surface area contributed by atoms with Crippen molar-refractivity contribution in [1.82, 2.24) is 10.2 Å². The second kappa shape index (κ2) is 10.5. The molecule has 0 aromatic heterocycles. The summed E-state index contributed by atoms with van der Waals surface area (Å²) in [4.78, 5) is 38.4. The van der Waals surface area contributed by atoms with Crippen LogP contribution in [-0.2, 0) is 19.1 Å². The maximum Gasteiger partial charge on any atom is 0.407 e. The first-order valence-electron chi connectivity index (χ1n) is 12.0. The number of fused-ring (bicyclic) bond motifs is 3. The number of benzene rings is 2. The number of carboxylic acids is 1. The first kappa shape index (κ1) is 24.7. The summed E-state index contributed by atoms with van der Waals surface area (Å²) in [5.74, 6) is -1.08. The number of nitrogens with one attached hydrogen (secondary N) is 1. The molecule has 4 rings (SSSR count). The summed E-state index contributed by atoms with van der Waals surface area (Å²) in [6.07, 6.45) is 0.505. The molecule has 1 fully saturated rings. The van der Waals surface area contributed by atoms with Crippen molar-refractivity contribution in [2.75, 3.05) is 33.4 Å². The Morgan fingerprint density at radius 3 is 2.34 bits per heavy atom. The molecule has 0 saturated carbocycles. The SMILES string of the molecule is COCC1(C(=O)O)CCN(C(=O)CCC(C)NC(=O)OCC2c3ccccc3-c3ccccc32)C1. The molecule has 0 spiro atoms. The molecule has 8 heteroatoms. The average molecular weight is 481 g/mol. The van der Waals surface area contributed by atoms with Gasteiger partial charge in [0.15, 0.2) is 0 Å². The summed E-state index contributed by atoms with van der Waals surface area (Å²) in [7, 11) is 1.46. The standard InChI is InChI=1S/C27H32N2O6/c1-18(11-12-24(30)29-14-13-27(16-29,17-34-2)25(31)32)28-26(33)35-15-23-21-9-5-3-7-19(21)20-8-4-6-10-22(20)23/h3-10,18,23H,11-17H2,1-2H3,(H,28,33)(H,31,32). The number of carbonyl (C=O) groups is 3. The minimum Gasteiger partial charge on any atom is -0.481 e. The van der Waals surface area contributed by atoms with Gasteiger partial charge in [-0.25, -0.2) is 4.79 Å². The lowest BCUT2D eigenvalue weighted by Gasteiger charge is -2.24. The topological polar surface area (TPSA) is 105 Å². The normalized spacial score (nSPS) is 19.7. The smallest absolute Gasteiger partial charge is 0.407 e. The van der Waals surface area contributed by atoms with Crippen LogP contribution in [0.3, 0.4) is 0 Å². The van der Waals surface area contributed by atoms with Crippen LogP contribution in [0.4, 0.5) is 4.79 Å². The van der Waals surface area contributed by atoms with Gasteiger partial charge in [-0.2, -0.15) is 0 Å². The van der Waals surface area contributed by atoms with Crippen LogP contribution in [0.15, 0.2) is 48.5 Å². The predicted molar refractivity (Wildman–Crippen MR) is 130 cm³/mol. The number of carboxylic acid groups (broad SMARTS) is 1. The molecule has 186 valence electrons. The van der Waals surface area contributed by atoms with Crippen molar-refractivity contribution in [3.8, 4) is 11.1 Å². The molecule has 1 aliphatic carbocycles. The van der Waals surface area contributed by atoms with Gasteiger partial charge in [-0.1, -0.05) is 48.5 Å². The minimum absolute atomic E-state index is 0.0122. The van der Waals surface area contributed by atoms with Gasteiger partial charge in [0, 0.05) is 38.6 Å². The molecule has 1 saturated heterocycles. The van der Waals surface area contributed by atoms with Gasteiger partial charge in [-0.15, -0.1) is 0 Å². The quantitative estimate of drug-likeness (QED) is 0.568. The third-order valence-corrected chi connectivity index (χ3v) is 7.08. The highest BCUT2D eigenvalue weighted by molar-refractivity contribution is 5.81. The molecule has 1 aliphatic heterocycles. The van der Waals surface area contributed by atoms with Crippen LogP contribution in [0.25, 0.3) is 11.1 Å². The second-order valence-corrected chi connectivity index (χ2v) is 9.49. The van der Waals surface area contributed by atoms with Crippen LogP contribution < -0.4 is 5.32 Å². The van der Waals surface area contributed by atoms with Crippen LogP contribution in [0.5, 0.6) is 0 Å². The summed E-state index contributed by atoms with van der Waals surface area (Å²) in [5, 5.41) is 12.4. The van der Waals surface area contributed by atoms with E-state index in [4.69, 9.17) is 9.47 Å². The van der Waals surface area contributed by atoms with Crippen molar-refractivity contribution in [3.05, 3.63) is 59.7 Å². The highest BCUT2D eigenvalue weighted by Crippen LogP contribution is 2.44. The van der Waals surface area contributed by atoms with Crippen LogP contribution >= 0.6 is 0 Å². The summed E-state index contributed by atoms with van der Waals surface area (Å²) < 4.78 is 10.7. The third kappa shape index (κ3) is 5.17. The largest absolute Gasteiger partial charge is 0.481 e. The van der Waals surface area contributed by atoms with Crippen molar-refractivity contribution < 1.29 is 29.0 Å². The van der Waals surface area contributed by atoms with E-state index in [1.54, 1.807) is 4.90 Å². The van der Waals surface area contributed by atoms with Gasteiger partial charge in [0.05, 0.1) is 6.61 Å². The fourth-order valence-corrected chi connectivity index (χ4v) is 5.13. The number of carbonyl (C=O) groups excluding carboxylic acids is 2. The Kier molecular flexibility index (Phi) is 7.40. The van der Waals surface area contributed by atoms with Gasteiger partial charge in [0.25, 0.3) is 0 Å². The number of amides is 2. The summed E-state index contributed by atoms with van der Waals surface area (Å²) in [6, 6.07) is 16.1. The zero-order valence-electron chi connectivity index (χ0n) is 20.2. The molecule has 2 aliphatic rings. The van der Waals surface area contributed by atoms with E-state index in [0.717, 1.165) is 11.1 Å². The second-order valence-electron chi connectivity index (χ2n) is 9.49. The Morgan fingerprint density at radius 2 is 1.74 bits per heavy atom. The highest BCUT2D eigenvalue weighted by Gasteiger charge is 2.46. The van der Waals surface area contributed by atoms with Gasteiger partial charge in [0.2, 0.25) is 5.91 Å². The van der Waals surface area contributed by atoms with E-state index in [1.807, 2.05) is 31.2 Å². The third-order valence-electron chi connectivity index (χ3n) is 7.08. The molecule has 8 nitrogen and oxygen atoms in total. The van der Waals surface area contributed by atoms with E-state index in [1.165, 1.54) is 18.2 Å². The first-order chi connectivity index (χ1) is 16.8. The molecule has 2 aromatic carbocycles. The fraction of sp³-hybridized carbons (Fsp3) is 0.444. The van der Waals surface area contributed by atoms with Crippen molar-refractivity contribution in [2.45, 2.75) is 38.1 Å². The Morgan fingerprint density at radius 1 is 1.11 bits per heavy atom. The number of hydrogen-bond donors (Lipinski definition) is 2. The Hall–Kier alpha value is -3.39. The Balaban J connectivity index is 1.25. The Labute approximate surface area is 205 Å². The van der Waals surface area contributed by atoms with Crippen LogP contribution in [-0.4, -0.2) is 67.4 Å². The zero-order chi connectivity index (χ0) is 25.0. The van der Waals surface area contributed by atoms with Crippen LogP contribution in [0.1, 0.15) is 43.2 Å². The lowest BCUT2D eigenvalue weighted by atomic mass is 9.88. The molecule has 35 heavy (non-hydrogen) atoms. The maximum atomic E-state index is 12.6. The molecule has 0 radical (unpaired) electrons. The fourth-order valence-electron chi connectivity index (χ4n) is 5.13. The molecule has 2 amide bonds. The molecule has 2 N–H and O–H groups in total. The van der Waals surface area contributed by atoms with E-state index in [2.05, 4.69) is 29.6 Å². The van der Waals surface area contributed by atoms with E-state index in [0.29, 0.717) is 19.4 Å².